The van der Waals surface area contributed by atoms with E-state index in [4.69, 9.17) is 10.5 Å². The summed E-state index contributed by atoms with van der Waals surface area (Å²) in [5.74, 6) is 1.12. The number of nitrogens with one attached hydrogen (secondary N) is 1. The summed E-state index contributed by atoms with van der Waals surface area (Å²) in [6, 6.07) is 0. The van der Waals surface area contributed by atoms with Crippen molar-refractivity contribution in [3.05, 3.63) is 17.7 Å². The lowest BCUT2D eigenvalue weighted by atomic mass is 9.77. The summed E-state index contributed by atoms with van der Waals surface area (Å²) in [6.07, 6.45) is 10.1. The Morgan fingerprint density at radius 1 is 1.48 bits per heavy atom. The zero-order valence-electron chi connectivity index (χ0n) is 12.7. The third-order valence-corrected chi connectivity index (χ3v) is 5.10. The van der Waals surface area contributed by atoms with Crippen molar-refractivity contribution in [1.82, 2.24) is 9.97 Å². The topological polar surface area (TPSA) is 81.0 Å². The number of H-pyrrole nitrogens is 1. The van der Waals surface area contributed by atoms with Gasteiger partial charge in [-0.1, -0.05) is 19.8 Å². The number of imidazole rings is 1. The van der Waals surface area contributed by atoms with Crippen molar-refractivity contribution < 1.29 is 9.53 Å². The Hall–Kier alpha value is -1.36. The molecule has 2 unspecified atom stereocenters. The maximum absolute atomic E-state index is 12.2. The number of carbonyl (C=O) groups excluding carboxylic acids is 1. The van der Waals surface area contributed by atoms with Crippen LogP contribution in [-0.2, 0) is 10.3 Å². The minimum absolute atomic E-state index is 0.0542. The van der Waals surface area contributed by atoms with E-state index in [1.165, 1.54) is 6.42 Å². The third-order valence-electron chi connectivity index (χ3n) is 5.10. The second kappa shape index (κ2) is 5.79. The van der Waals surface area contributed by atoms with Crippen molar-refractivity contribution in [2.24, 2.45) is 11.7 Å². The molecule has 0 aliphatic heterocycles. The quantitative estimate of drug-likeness (QED) is 0.836. The number of ether oxygens (including phenoxy) is 1. The van der Waals surface area contributed by atoms with Gasteiger partial charge in [-0.2, -0.15) is 0 Å². The van der Waals surface area contributed by atoms with Crippen LogP contribution in [0.15, 0.2) is 6.20 Å². The fraction of sp³-hybridized carbons (Fsp3) is 0.750. The van der Waals surface area contributed by atoms with Crippen LogP contribution in [0, 0.1) is 5.92 Å². The molecule has 5 heteroatoms. The number of carbonyl (C=O) groups is 1. The van der Waals surface area contributed by atoms with Crippen LogP contribution in [0.5, 0.6) is 0 Å². The Kier molecular flexibility index (Phi) is 4.02. The Morgan fingerprint density at radius 2 is 2.29 bits per heavy atom. The van der Waals surface area contributed by atoms with E-state index in [0.717, 1.165) is 50.8 Å². The summed E-state index contributed by atoms with van der Waals surface area (Å²) in [6.45, 7) is 2.20. The van der Waals surface area contributed by atoms with Crippen molar-refractivity contribution >= 4 is 5.97 Å². The molecular weight excluding hydrogens is 266 g/mol. The molecule has 21 heavy (non-hydrogen) atoms. The fourth-order valence-electron chi connectivity index (χ4n) is 3.41. The van der Waals surface area contributed by atoms with E-state index in [1.807, 2.05) is 0 Å². The molecule has 0 spiro atoms. The van der Waals surface area contributed by atoms with E-state index in [-0.39, 0.29) is 17.6 Å². The van der Waals surface area contributed by atoms with Gasteiger partial charge in [0.25, 0.3) is 0 Å². The molecule has 0 bridgehead atoms. The molecule has 5 nitrogen and oxygen atoms in total. The van der Waals surface area contributed by atoms with Crippen molar-refractivity contribution in [2.75, 3.05) is 0 Å². The van der Waals surface area contributed by atoms with Crippen LogP contribution in [0.2, 0.25) is 0 Å². The lowest BCUT2D eigenvalue weighted by Crippen LogP contribution is -2.44. The molecule has 1 heterocycles. The Labute approximate surface area is 125 Å². The van der Waals surface area contributed by atoms with Crippen LogP contribution in [-0.4, -0.2) is 22.0 Å². The van der Waals surface area contributed by atoms with E-state index in [2.05, 4.69) is 16.9 Å². The molecule has 0 radical (unpaired) electrons. The molecule has 1 aromatic heterocycles. The highest BCUT2D eigenvalue weighted by Crippen LogP contribution is 2.37. The van der Waals surface area contributed by atoms with Gasteiger partial charge in [-0.15, -0.1) is 0 Å². The summed E-state index contributed by atoms with van der Waals surface area (Å²) in [7, 11) is 0. The molecule has 0 saturated heterocycles. The maximum atomic E-state index is 12.2. The molecule has 116 valence electrons. The predicted octanol–water partition coefficient (Wildman–Crippen LogP) is 2.87. The molecule has 0 amide bonds. The smallest absolute Gasteiger partial charge is 0.356 e. The normalized spacial score (nSPS) is 27.9. The van der Waals surface area contributed by atoms with E-state index < -0.39 is 0 Å². The zero-order chi connectivity index (χ0) is 14.9. The first-order chi connectivity index (χ1) is 10.1. The van der Waals surface area contributed by atoms with Crippen LogP contribution in [0.4, 0.5) is 0 Å². The van der Waals surface area contributed by atoms with Crippen LogP contribution in [0.1, 0.15) is 74.6 Å². The van der Waals surface area contributed by atoms with E-state index in [1.54, 1.807) is 6.20 Å². The number of hydrogen-bond donors (Lipinski definition) is 2. The number of rotatable bonds is 4. The van der Waals surface area contributed by atoms with Crippen molar-refractivity contribution in [3.8, 4) is 0 Å². The average Bonchev–Trinajstić information content (AvgIpc) is 2.95. The van der Waals surface area contributed by atoms with Crippen LogP contribution >= 0.6 is 0 Å². The first kappa shape index (κ1) is 14.6. The lowest BCUT2D eigenvalue weighted by molar-refractivity contribution is 0.0134. The number of nitrogens with zero attached hydrogens (tertiary/aromatic N) is 1. The lowest BCUT2D eigenvalue weighted by Gasteiger charge is -2.35. The molecule has 2 saturated carbocycles. The van der Waals surface area contributed by atoms with Gasteiger partial charge in [0.05, 0.1) is 11.7 Å². The second-order valence-electron chi connectivity index (χ2n) is 6.62. The van der Waals surface area contributed by atoms with Crippen molar-refractivity contribution in [3.63, 3.8) is 0 Å². The van der Waals surface area contributed by atoms with E-state index >= 15 is 0 Å². The number of nitrogens with two attached hydrogens (primary N) is 1. The van der Waals surface area contributed by atoms with Gasteiger partial charge in [0.2, 0.25) is 0 Å². The predicted molar refractivity (Wildman–Crippen MR) is 79.8 cm³/mol. The summed E-state index contributed by atoms with van der Waals surface area (Å²) >= 11 is 0. The molecule has 0 aromatic carbocycles. The average molecular weight is 291 g/mol. The van der Waals surface area contributed by atoms with Gasteiger partial charge in [-0.3, -0.25) is 0 Å². The molecule has 3 rings (SSSR count). The largest absolute Gasteiger partial charge is 0.458 e. The number of esters is 1. The summed E-state index contributed by atoms with van der Waals surface area (Å²) in [5, 5.41) is 0. The molecule has 1 aromatic rings. The maximum Gasteiger partial charge on any atom is 0.356 e. The molecule has 2 aliphatic rings. The minimum atomic E-state index is -0.364. The Balaban J connectivity index is 1.60. The van der Waals surface area contributed by atoms with Crippen molar-refractivity contribution in [1.29, 1.82) is 0 Å². The summed E-state index contributed by atoms with van der Waals surface area (Å²) < 4.78 is 5.64. The van der Waals surface area contributed by atoms with Crippen LogP contribution < -0.4 is 5.73 Å². The van der Waals surface area contributed by atoms with Crippen molar-refractivity contribution in [2.45, 2.75) is 69.9 Å². The second-order valence-corrected chi connectivity index (χ2v) is 6.62. The number of aromatic amines is 1. The highest BCUT2D eigenvalue weighted by atomic mass is 16.5. The minimum Gasteiger partial charge on any atom is -0.458 e. The van der Waals surface area contributed by atoms with Gasteiger partial charge in [-0.25, -0.2) is 9.78 Å². The summed E-state index contributed by atoms with van der Waals surface area (Å²) in [5.41, 5.74) is 6.28. The van der Waals surface area contributed by atoms with E-state index in [0.29, 0.717) is 11.6 Å². The van der Waals surface area contributed by atoms with Crippen LogP contribution in [0.25, 0.3) is 0 Å². The first-order valence-corrected chi connectivity index (χ1v) is 8.16. The van der Waals surface area contributed by atoms with Gasteiger partial charge in [-0.05, 0) is 44.4 Å². The SMILES string of the molecule is CCC1CCCC(OC(=O)c2cnc(C3(N)CCC3)[nH]2)C1. The van der Waals surface area contributed by atoms with Gasteiger partial charge in [0.1, 0.15) is 17.6 Å². The molecular formula is C16H25N3O2. The molecule has 2 atom stereocenters. The number of hydrogen-bond acceptors (Lipinski definition) is 4. The highest BCUT2D eigenvalue weighted by Gasteiger charge is 2.37. The van der Waals surface area contributed by atoms with Gasteiger partial charge in [0.15, 0.2) is 0 Å². The molecule has 2 aliphatic carbocycles. The molecule has 3 N–H and O–H groups in total. The Morgan fingerprint density at radius 3 is 2.95 bits per heavy atom. The zero-order valence-corrected chi connectivity index (χ0v) is 12.7. The standard InChI is InChI=1S/C16H25N3O2/c1-2-11-5-3-6-12(9-11)21-14(20)13-10-18-15(19-13)16(17)7-4-8-16/h10-12H,2-9,17H2,1H3,(H,18,19). The monoisotopic (exact) mass is 291 g/mol. The first-order valence-electron chi connectivity index (χ1n) is 8.16. The third kappa shape index (κ3) is 2.98. The number of aromatic nitrogens is 2. The Bertz CT molecular complexity index is 507. The summed E-state index contributed by atoms with van der Waals surface area (Å²) in [4.78, 5) is 19.6. The van der Waals surface area contributed by atoms with E-state index in [9.17, 15) is 4.79 Å². The highest BCUT2D eigenvalue weighted by molar-refractivity contribution is 5.87. The molecule has 2 fully saturated rings. The van der Waals surface area contributed by atoms with Gasteiger partial charge in [0, 0.05) is 0 Å². The van der Waals surface area contributed by atoms with Crippen LogP contribution in [0.3, 0.4) is 0 Å². The van der Waals surface area contributed by atoms with Gasteiger partial charge >= 0.3 is 5.97 Å². The fourth-order valence-corrected chi connectivity index (χ4v) is 3.41. The van der Waals surface area contributed by atoms with Gasteiger partial charge < -0.3 is 15.5 Å².